The number of ether oxygens (including phenoxy) is 3. The fraction of sp³-hybridized carbons (Fsp3) is 0.273. The number of nitrogens with one attached hydrogen (secondary N) is 2. The van der Waals surface area contributed by atoms with Crippen molar-refractivity contribution >= 4 is 10.9 Å². The third-order valence-electron chi connectivity index (χ3n) is 5.26. The number of hydrogen-bond acceptors (Lipinski definition) is 5. The summed E-state index contributed by atoms with van der Waals surface area (Å²) < 4.78 is 16.2. The van der Waals surface area contributed by atoms with Crippen molar-refractivity contribution in [2.75, 3.05) is 21.3 Å². The smallest absolute Gasteiger partial charge is 0.203 e. The molecule has 6 heteroatoms. The molecule has 6 nitrogen and oxygen atoms in total. The van der Waals surface area contributed by atoms with Crippen LogP contribution in [0.25, 0.3) is 10.9 Å². The summed E-state index contributed by atoms with van der Waals surface area (Å²) in [6.45, 7) is 0. The number of aliphatic hydroxyl groups excluding tert-OH is 1. The quantitative estimate of drug-likeness (QED) is 0.606. The minimum atomic E-state index is -0.767. The summed E-state index contributed by atoms with van der Waals surface area (Å²) in [7, 11) is 4.69. The second kappa shape index (κ2) is 7.48. The van der Waals surface area contributed by atoms with E-state index in [1.165, 1.54) is 10.9 Å². The van der Waals surface area contributed by atoms with E-state index < -0.39 is 6.10 Å². The third kappa shape index (κ3) is 3.05. The molecule has 2 unspecified atom stereocenters. The van der Waals surface area contributed by atoms with Gasteiger partial charge in [0.05, 0.1) is 27.4 Å². The number of hydrogen-bond donors (Lipinski definition) is 3. The summed E-state index contributed by atoms with van der Waals surface area (Å²) in [4.78, 5) is 3.31. The van der Waals surface area contributed by atoms with Crippen LogP contribution >= 0.6 is 0 Å². The van der Waals surface area contributed by atoms with Crippen LogP contribution in [-0.2, 0) is 0 Å². The summed E-state index contributed by atoms with van der Waals surface area (Å²) in [5, 5.41) is 15.6. The van der Waals surface area contributed by atoms with Crippen molar-refractivity contribution in [3.05, 3.63) is 65.5 Å². The Morgan fingerprint density at radius 2 is 1.75 bits per heavy atom. The van der Waals surface area contributed by atoms with Gasteiger partial charge in [0, 0.05) is 17.1 Å². The van der Waals surface area contributed by atoms with Crippen LogP contribution in [0.3, 0.4) is 0 Å². The number of fused-ring (bicyclic) bond motifs is 1. The summed E-state index contributed by atoms with van der Waals surface area (Å²) in [5.41, 5.74) is 3.91. The van der Waals surface area contributed by atoms with Crippen LogP contribution in [0.15, 0.2) is 54.4 Å². The standard InChI is InChI=1S/C22H24N2O4/c1-26-19-9-13(10-20(27-2)22(19)28-3)21(25)14-8-18(23-11-14)16-12-24-17-7-5-4-6-15(16)17/h4-7,9-12,18,21,23-25H,8H2,1-3H3. The molecular formula is C22H24N2O4. The number of aromatic nitrogens is 1. The highest BCUT2D eigenvalue weighted by Gasteiger charge is 2.27. The molecule has 28 heavy (non-hydrogen) atoms. The Morgan fingerprint density at radius 1 is 1.04 bits per heavy atom. The number of aliphatic hydroxyl groups is 1. The molecule has 0 radical (unpaired) electrons. The van der Waals surface area contributed by atoms with Gasteiger partial charge in [-0.2, -0.15) is 0 Å². The average Bonchev–Trinajstić information content (AvgIpc) is 3.38. The van der Waals surface area contributed by atoms with Crippen LogP contribution in [0.1, 0.15) is 29.7 Å². The highest BCUT2D eigenvalue weighted by Crippen LogP contribution is 2.43. The first kappa shape index (κ1) is 18.3. The predicted molar refractivity (Wildman–Crippen MR) is 108 cm³/mol. The largest absolute Gasteiger partial charge is 0.493 e. The van der Waals surface area contributed by atoms with E-state index >= 15 is 0 Å². The van der Waals surface area contributed by atoms with Gasteiger partial charge in [-0.3, -0.25) is 0 Å². The molecule has 146 valence electrons. The second-order valence-corrected chi connectivity index (χ2v) is 6.79. The topological polar surface area (TPSA) is 75.7 Å². The summed E-state index contributed by atoms with van der Waals surface area (Å²) in [6, 6.07) is 11.9. The van der Waals surface area contributed by atoms with Crippen molar-refractivity contribution in [2.45, 2.75) is 18.6 Å². The van der Waals surface area contributed by atoms with Crippen LogP contribution in [0.4, 0.5) is 0 Å². The molecule has 1 aromatic heterocycles. The number of benzene rings is 2. The van der Waals surface area contributed by atoms with Crippen molar-refractivity contribution < 1.29 is 19.3 Å². The maximum atomic E-state index is 11.0. The van der Waals surface area contributed by atoms with E-state index in [4.69, 9.17) is 14.2 Å². The average molecular weight is 380 g/mol. The molecule has 0 amide bonds. The van der Waals surface area contributed by atoms with E-state index in [9.17, 15) is 5.11 Å². The third-order valence-corrected chi connectivity index (χ3v) is 5.26. The van der Waals surface area contributed by atoms with E-state index in [-0.39, 0.29) is 6.04 Å². The molecule has 3 aromatic rings. The van der Waals surface area contributed by atoms with Gasteiger partial charge in [0.2, 0.25) is 5.75 Å². The van der Waals surface area contributed by atoms with Crippen LogP contribution in [0, 0.1) is 0 Å². The maximum Gasteiger partial charge on any atom is 0.203 e. The van der Waals surface area contributed by atoms with E-state index in [2.05, 4.69) is 22.4 Å². The Balaban J connectivity index is 1.59. The predicted octanol–water partition coefficient (Wildman–Crippen LogP) is 3.85. The van der Waals surface area contributed by atoms with Crippen LogP contribution in [-0.4, -0.2) is 31.4 Å². The van der Waals surface area contributed by atoms with Crippen LogP contribution in [0.2, 0.25) is 0 Å². The number of H-pyrrole nitrogens is 1. The fourth-order valence-electron chi connectivity index (χ4n) is 3.81. The van der Waals surface area contributed by atoms with Gasteiger partial charge in [0.25, 0.3) is 0 Å². The Labute approximate surface area is 163 Å². The Bertz CT molecular complexity index is 999. The molecule has 3 N–H and O–H groups in total. The van der Waals surface area contributed by atoms with Gasteiger partial charge in [0.1, 0.15) is 6.10 Å². The van der Waals surface area contributed by atoms with Gasteiger partial charge < -0.3 is 29.6 Å². The molecule has 2 heterocycles. The number of methoxy groups -OCH3 is 3. The zero-order valence-electron chi connectivity index (χ0n) is 16.2. The lowest BCUT2D eigenvalue weighted by Crippen LogP contribution is -2.09. The van der Waals surface area contributed by atoms with Crippen molar-refractivity contribution in [3.63, 3.8) is 0 Å². The zero-order valence-corrected chi connectivity index (χ0v) is 16.2. The molecule has 1 aliphatic rings. The Kier molecular flexibility index (Phi) is 4.88. The van der Waals surface area contributed by atoms with Gasteiger partial charge in [-0.05, 0) is 47.5 Å². The molecule has 4 rings (SSSR count). The Hall–Kier alpha value is -3.12. The summed E-state index contributed by atoms with van der Waals surface area (Å²) >= 11 is 0. The normalized spacial score (nSPS) is 17.1. The molecule has 2 aromatic carbocycles. The zero-order chi connectivity index (χ0) is 19.7. The van der Waals surface area contributed by atoms with Crippen molar-refractivity contribution in [3.8, 4) is 17.2 Å². The molecule has 0 fully saturated rings. The molecule has 0 aliphatic carbocycles. The van der Waals surface area contributed by atoms with Gasteiger partial charge in [-0.1, -0.05) is 18.2 Å². The van der Waals surface area contributed by atoms with Crippen molar-refractivity contribution in [2.24, 2.45) is 0 Å². The summed E-state index contributed by atoms with van der Waals surface area (Å²) in [6.07, 6.45) is 3.88. The highest BCUT2D eigenvalue weighted by atomic mass is 16.5. The lowest BCUT2D eigenvalue weighted by molar-refractivity contribution is 0.210. The van der Waals surface area contributed by atoms with Gasteiger partial charge in [-0.25, -0.2) is 0 Å². The second-order valence-electron chi connectivity index (χ2n) is 6.79. The monoisotopic (exact) mass is 380 g/mol. The molecule has 0 saturated heterocycles. The van der Waals surface area contributed by atoms with Gasteiger partial charge >= 0.3 is 0 Å². The number of aromatic amines is 1. The van der Waals surface area contributed by atoms with Gasteiger partial charge in [-0.15, -0.1) is 0 Å². The van der Waals surface area contributed by atoms with E-state index in [0.717, 1.165) is 11.1 Å². The number of rotatable bonds is 6. The number of para-hydroxylation sites is 1. The minimum absolute atomic E-state index is 0.114. The first-order valence-electron chi connectivity index (χ1n) is 9.15. The van der Waals surface area contributed by atoms with E-state index in [1.54, 1.807) is 33.5 Å². The SMILES string of the molecule is COc1cc(C(O)C2=CNC(c3c[nH]c4ccccc34)C2)cc(OC)c1OC. The molecule has 0 spiro atoms. The first-order chi connectivity index (χ1) is 13.7. The minimum Gasteiger partial charge on any atom is -0.493 e. The van der Waals surface area contributed by atoms with Gasteiger partial charge in [0.15, 0.2) is 11.5 Å². The van der Waals surface area contributed by atoms with Crippen LogP contribution in [0.5, 0.6) is 17.2 Å². The molecule has 0 bridgehead atoms. The highest BCUT2D eigenvalue weighted by molar-refractivity contribution is 5.83. The molecule has 1 aliphatic heterocycles. The van der Waals surface area contributed by atoms with Crippen molar-refractivity contribution in [1.29, 1.82) is 0 Å². The fourth-order valence-corrected chi connectivity index (χ4v) is 3.81. The van der Waals surface area contributed by atoms with E-state index in [1.807, 2.05) is 24.5 Å². The van der Waals surface area contributed by atoms with Crippen molar-refractivity contribution in [1.82, 2.24) is 10.3 Å². The molecule has 0 saturated carbocycles. The summed E-state index contributed by atoms with van der Waals surface area (Å²) in [5.74, 6) is 1.56. The molecule has 2 atom stereocenters. The lowest BCUT2D eigenvalue weighted by atomic mass is 9.95. The lowest BCUT2D eigenvalue weighted by Gasteiger charge is -2.18. The first-order valence-corrected chi connectivity index (χ1v) is 9.15. The van der Waals surface area contributed by atoms with E-state index in [0.29, 0.717) is 29.2 Å². The molecular weight excluding hydrogens is 356 g/mol. The maximum absolute atomic E-state index is 11.0. The Morgan fingerprint density at radius 3 is 2.43 bits per heavy atom. The van der Waals surface area contributed by atoms with Crippen LogP contribution < -0.4 is 19.5 Å².